The molecule has 54 heavy (non-hydrogen) atoms. The van der Waals surface area contributed by atoms with Crippen molar-refractivity contribution in [3.05, 3.63) is 212 Å². The minimum Gasteiger partial charge on any atom is -0.456 e. The van der Waals surface area contributed by atoms with Gasteiger partial charge in [-0.3, -0.25) is 0 Å². The van der Waals surface area contributed by atoms with E-state index < -0.39 is 0 Å². The van der Waals surface area contributed by atoms with Gasteiger partial charge in [0, 0.05) is 27.8 Å². The monoisotopic (exact) mass is 689 g/mol. The lowest BCUT2D eigenvalue weighted by atomic mass is 9.98. The maximum Gasteiger partial charge on any atom is 0.136 e. The third-order valence-corrected chi connectivity index (χ3v) is 10.5. The van der Waals surface area contributed by atoms with Crippen LogP contribution in [-0.4, -0.2) is 0 Å². The molecule has 0 atom stereocenters. The third kappa shape index (κ3) is 5.81. The zero-order valence-corrected chi connectivity index (χ0v) is 29.6. The Balaban J connectivity index is 1.04. The van der Waals surface area contributed by atoms with Crippen molar-refractivity contribution in [1.82, 2.24) is 0 Å². The summed E-state index contributed by atoms with van der Waals surface area (Å²) in [5.41, 5.74) is 14.6. The highest BCUT2D eigenvalue weighted by atomic mass is 16.3. The Morgan fingerprint density at radius 1 is 0.296 bits per heavy atom. The van der Waals surface area contributed by atoms with E-state index in [0.717, 1.165) is 50.1 Å². The number of rotatable bonds is 7. The molecule has 1 aromatic heterocycles. The van der Waals surface area contributed by atoms with Gasteiger partial charge in [0.2, 0.25) is 0 Å². The molecule has 0 spiro atoms. The number of fused-ring (bicyclic) bond motifs is 4. The molecular formula is C52H35NO. The van der Waals surface area contributed by atoms with Gasteiger partial charge in [-0.25, -0.2) is 0 Å². The summed E-state index contributed by atoms with van der Waals surface area (Å²) in [4.78, 5) is 2.35. The standard InChI is InChI=1S/C52H35NO/c1-2-10-36(11-3-1)38-20-22-39(23-21-38)40-26-30-45(31-27-40)53(47-15-8-14-43(35-47)44-25-24-37-12-4-5-13-42(37)34-44)46-32-28-41(29-33-46)48-17-9-19-51-52(48)49-16-6-7-18-50(49)54-51/h1-35H. The fourth-order valence-electron chi connectivity index (χ4n) is 7.73. The summed E-state index contributed by atoms with van der Waals surface area (Å²) in [5, 5.41) is 4.76. The molecule has 0 N–H and O–H groups in total. The van der Waals surface area contributed by atoms with Crippen molar-refractivity contribution in [2.75, 3.05) is 4.90 Å². The van der Waals surface area contributed by atoms with Gasteiger partial charge in [-0.15, -0.1) is 0 Å². The van der Waals surface area contributed by atoms with E-state index in [1.54, 1.807) is 0 Å². The number of benzene rings is 9. The fourth-order valence-corrected chi connectivity index (χ4v) is 7.73. The minimum absolute atomic E-state index is 0.903. The lowest BCUT2D eigenvalue weighted by molar-refractivity contribution is 0.669. The van der Waals surface area contributed by atoms with Gasteiger partial charge in [0.25, 0.3) is 0 Å². The number of hydrogen-bond acceptors (Lipinski definition) is 2. The van der Waals surface area contributed by atoms with Crippen molar-refractivity contribution in [2.24, 2.45) is 0 Å². The highest BCUT2D eigenvalue weighted by Gasteiger charge is 2.16. The second kappa shape index (κ2) is 13.4. The Bertz CT molecular complexity index is 2900. The molecule has 0 bridgehead atoms. The molecule has 9 aromatic carbocycles. The second-order valence-electron chi connectivity index (χ2n) is 13.8. The molecule has 0 unspecified atom stereocenters. The summed E-state index contributed by atoms with van der Waals surface area (Å²) in [5.74, 6) is 0. The van der Waals surface area contributed by atoms with Gasteiger partial charge in [0.1, 0.15) is 11.2 Å². The van der Waals surface area contributed by atoms with Crippen LogP contribution < -0.4 is 4.90 Å². The lowest BCUT2D eigenvalue weighted by Crippen LogP contribution is -2.10. The summed E-state index contributed by atoms with van der Waals surface area (Å²) < 4.78 is 6.22. The summed E-state index contributed by atoms with van der Waals surface area (Å²) >= 11 is 0. The van der Waals surface area contributed by atoms with Crippen LogP contribution in [0.3, 0.4) is 0 Å². The number of para-hydroxylation sites is 1. The average Bonchev–Trinajstić information content (AvgIpc) is 3.64. The van der Waals surface area contributed by atoms with Crippen LogP contribution in [0.1, 0.15) is 0 Å². The molecule has 0 amide bonds. The van der Waals surface area contributed by atoms with E-state index in [4.69, 9.17) is 4.42 Å². The van der Waals surface area contributed by atoms with Crippen molar-refractivity contribution in [3.63, 3.8) is 0 Å². The predicted octanol–water partition coefficient (Wildman–Crippen LogP) is 14.9. The maximum atomic E-state index is 6.22. The van der Waals surface area contributed by atoms with Crippen LogP contribution in [0.4, 0.5) is 17.1 Å². The quantitative estimate of drug-likeness (QED) is 0.166. The van der Waals surface area contributed by atoms with Crippen molar-refractivity contribution < 1.29 is 4.42 Å². The van der Waals surface area contributed by atoms with Gasteiger partial charge in [0.15, 0.2) is 0 Å². The SMILES string of the molecule is c1ccc(-c2ccc(-c3ccc(N(c4ccc(-c5cccc6oc7ccccc7c56)cc4)c4cccc(-c5ccc6ccccc6c5)c4)cc3)cc2)cc1. The number of anilines is 3. The van der Waals surface area contributed by atoms with Crippen LogP contribution >= 0.6 is 0 Å². The van der Waals surface area contributed by atoms with E-state index in [9.17, 15) is 0 Å². The van der Waals surface area contributed by atoms with Gasteiger partial charge in [-0.2, -0.15) is 0 Å². The van der Waals surface area contributed by atoms with E-state index in [0.29, 0.717) is 0 Å². The Kier molecular flexibility index (Phi) is 7.85. The molecule has 0 radical (unpaired) electrons. The van der Waals surface area contributed by atoms with Crippen LogP contribution in [0.2, 0.25) is 0 Å². The van der Waals surface area contributed by atoms with Crippen molar-refractivity contribution in [2.45, 2.75) is 0 Å². The van der Waals surface area contributed by atoms with Crippen LogP contribution in [-0.2, 0) is 0 Å². The molecule has 0 aliphatic carbocycles. The summed E-state index contributed by atoms with van der Waals surface area (Å²) in [6.07, 6.45) is 0. The molecule has 0 fully saturated rings. The summed E-state index contributed by atoms with van der Waals surface area (Å²) in [6, 6.07) is 75.9. The highest BCUT2D eigenvalue weighted by Crippen LogP contribution is 2.41. The maximum absolute atomic E-state index is 6.22. The van der Waals surface area contributed by atoms with Crippen LogP contribution in [0.15, 0.2) is 217 Å². The fraction of sp³-hybridized carbons (Fsp3) is 0. The molecule has 10 aromatic rings. The van der Waals surface area contributed by atoms with Crippen molar-refractivity contribution in [1.29, 1.82) is 0 Å². The molecule has 10 rings (SSSR count). The molecular weight excluding hydrogens is 655 g/mol. The van der Waals surface area contributed by atoms with Gasteiger partial charge in [-0.05, 0) is 110 Å². The Morgan fingerprint density at radius 3 is 1.56 bits per heavy atom. The zero-order chi connectivity index (χ0) is 35.8. The molecule has 254 valence electrons. The minimum atomic E-state index is 0.903. The van der Waals surface area contributed by atoms with Crippen LogP contribution in [0, 0.1) is 0 Å². The summed E-state index contributed by atoms with van der Waals surface area (Å²) in [7, 11) is 0. The normalized spacial score (nSPS) is 11.3. The molecule has 2 nitrogen and oxygen atoms in total. The summed E-state index contributed by atoms with van der Waals surface area (Å²) in [6.45, 7) is 0. The molecule has 1 heterocycles. The largest absolute Gasteiger partial charge is 0.456 e. The lowest BCUT2D eigenvalue weighted by Gasteiger charge is -2.26. The van der Waals surface area contributed by atoms with Crippen molar-refractivity contribution in [3.8, 4) is 44.5 Å². The van der Waals surface area contributed by atoms with Gasteiger partial charge < -0.3 is 9.32 Å². The van der Waals surface area contributed by atoms with E-state index in [-0.39, 0.29) is 0 Å². The molecule has 2 heteroatoms. The van der Waals surface area contributed by atoms with E-state index >= 15 is 0 Å². The van der Waals surface area contributed by atoms with Crippen LogP contribution in [0.5, 0.6) is 0 Å². The van der Waals surface area contributed by atoms with E-state index in [1.165, 1.54) is 44.2 Å². The number of furan rings is 1. The van der Waals surface area contributed by atoms with Gasteiger partial charge in [0.05, 0.1) is 0 Å². The zero-order valence-electron chi connectivity index (χ0n) is 29.6. The third-order valence-electron chi connectivity index (χ3n) is 10.5. The van der Waals surface area contributed by atoms with Gasteiger partial charge >= 0.3 is 0 Å². The van der Waals surface area contributed by atoms with E-state index in [2.05, 4.69) is 205 Å². The van der Waals surface area contributed by atoms with Crippen molar-refractivity contribution >= 4 is 49.8 Å². The predicted molar refractivity (Wildman–Crippen MR) is 228 cm³/mol. The number of hydrogen-bond donors (Lipinski definition) is 0. The topological polar surface area (TPSA) is 16.4 Å². The first-order valence-electron chi connectivity index (χ1n) is 18.4. The Hall–Kier alpha value is -7.16. The average molecular weight is 690 g/mol. The first kappa shape index (κ1) is 31.6. The molecule has 0 aliphatic rings. The smallest absolute Gasteiger partial charge is 0.136 e. The molecule has 0 saturated heterocycles. The van der Waals surface area contributed by atoms with E-state index in [1.807, 2.05) is 12.1 Å². The second-order valence-corrected chi connectivity index (χ2v) is 13.8. The Morgan fingerprint density at radius 2 is 0.815 bits per heavy atom. The van der Waals surface area contributed by atoms with Gasteiger partial charge in [-0.1, -0.05) is 158 Å². The first-order chi connectivity index (χ1) is 26.7. The first-order valence-corrected chi connectivity index (χ1v) is 18.4. The number of nitrogens with zero attached hydrogens (tertiary/aromatic N) is 1. The highest BCUT2D eigenvalue weighted by molar-refractivity contribution is 6.12. The Labute approximate surface area is 314 Å². The molecule has 0 aliphatic heterocycles. The molecule has 0 saturated carbocycles. The van der Waals surface area contributed by atoms with Crippen LogP contribution in [0.25, 0.3) is 77.2 Å².